The zero-order chi connectivity index (χ0) is 15.6. The average Bonchev–Trinajstić information content (AvgIpc) is 2.45. The Morgan fingerprint density at radius 2 is 2.10 bits per heavy atom. The molecule has 1 aromatic heterocycles. The van der Waals surface area contributed by atoms with E-state index in [2.05, 4.69) is 9.72 Å². The zero-order valence-corrected chi connectivity index (χ0v) is 12.1. The first-order valence-corrected chi connectivity index (χ1v) is 6.38. The monoisotopic (exact) mass is 302 g/mol. The van der Waals surface area contributed by atoms with E-state index in [0.717, 1.165) is 0 Å². The quantitative estimate of drug-likeness (QED) is 0.864. The van der Waals surface area contributed by atoms with E-state index in [-0.39, 0.29) is 16.1 Å². The summed E-state index contributed by atoms with van der Waals surface area (Å²) in [5, 5.41) is 9.32. The summed E-state index contributed by atoms with van der Waals surface area (Å²) in [4.78, 5) is 25.9. The molecule has 0 saturated heterocycles. The summed E-state index contributed by atoms with van der Waals surface area (Å²) in [6.45, 7) is 1.72. The highest BCUT2D eigenvalue weighted by molar-refractivity contribution is 6.33. The van der Waals surface area contributed by atoms with Crippen molar-refractivity contribution in [3.63, 3.8) is 0 Å². The molecule has 2 aromatic rings. The van der Waals surface area contributed by atoms with Crippen molar-refractivity contribution in [1.82, 2.24) is 4.98 Å². The smallest absolute Gasteiger partial charge is 0.339 e. The van der Waals surface area contributed by atoms with Gasteiger partial charge in [-0.2, -0.15) is 5.26 Å². The van der Waals surface area contributed by atoms with Crippen molar-refractivity contribution in [1.29, 1.82) is 5.26 Å². The Bertz CT molecular complexity index is 819. The number of aromatic amines is 1. The number of carbonyl (C=O) groups is 1. The van der Waals surface area contributed by atoms with Crippen LogP contribution in [0.25, 0.3) is 11.1 Å². The Labute approximate surface area is 125 Å². The molecule has 1 N–H and O–H groups in total. The minimum atomic E-state index is -0.547. The van der Waals surface area contributed by atoms with E-state index < -0.39 is 11.5 Å². The van der Waals surface area contributed by atoms with Crippen LogP contribution in [-0.4, -0.2) is 18.1 Å². The molecule has 5 nitrogen and oxygen atoms in total. The maximum Gasteiger partial charge on any atom is 0.339 e. The number of nitriles is 1. The number of pyridine rings is 1. The fourth-order valence-corrected chi connectivity index (χ4v) is 2.24. The van der Waals surface area contributed by atoms with Gasteiger partial charge < -0.3 is 9.72 Å². The van der Waals surface area contributed by atoms with E-state index in [4.69, 9.17) is 16.9 Å². The Hall–Kier alpha value is -2.58. The second kappa shape index (κ2) is 5.81. The molecule has 106 valence electrons. The number of aryl methyl sites for hydroxylation is 1. The van der Waals surface area contributed by atoms with Crippen LogP contribution in [0.2, 0.25) is 5.02 Å². The van der Waals surface area contributed by atoms with E-state index in [1.165, 1.54) is 19.2 Å². The molecule has 0 saturated carbocycles. The van der Waals surface area contributed by atoms with Gasteiger partial charge in [0, 0.05) is 11.3 Å². The summed E-state index contributed by atoms with van der Waals surface area (Å²) < 4.78 is 4.62. The lowest BCUT2D eigenvalue weighted by atomic mass is 10.00. The minimum Gasteiger partial charge on any atom is -0.465 e. The van der Waals surface area contributed by atoms with Gasteiger partial charge in [-0.15, -0.1) is 0 Å². The van der Waals surface area contributed by atoms with Crippen LogP contribution in [0.15, 0.2) is 29.1 Å². The third kappa shape index (κ3) is 2.81. The van der Waals surface area contributed by atoms with Crippen LogP contribution in [0.3, 0.4) is 0 Å². The number of nitrogens with one attached hydrogen (secondary N) is 1. The van der Waals surface area contributed by atoms with Gasteiger partial charge in [0.2, 0.25) is 0 Å². The SMILES string of the molecule is COC(=O)c1ccc(-c2cc(C)[nH]c(=O)c2C#N)cc1Cl. The van der Waals surface area contributed by atoms with Gasteiger partial charge in [-0.3, -0.25) is 4.79 Å². The van der Waals surface area contributed by atoms with Gasteiger partial charge in [0.1, 0.15) is 11.6 Å². The number of ether oxygens (including phenoxy) is 1. The van der Waals surface area contributed by atoms with E-state index in [0.29, 0.717) is 16.8 Å². The van der Waals surface area contributed by atoms with Crippen LogP contribution in [0.5, 0.6) is 0 Å². The van der Waals surface area contributed by atoms with Gasteiger partial charge in [-0.1, -0.05) is 17.7 Å². The number of H-pyrrole nitrogens is 1. The normalized spacial score (nSPS) is 10.0. The highest BCUT2D eigenvalue weighted by atomic mass is 35.5. The number of halogens is 1. The summed E-state index contributed by atoms with van der Waals surface area (Å²) in [6.07, 6.45) is 0. The molecular weight excluding hydrogens is 292 g/mol. The Morgan fingerprint density at radius 1 is 1.38 bits per heavy atom. The third-order valence-electron chi connectivity index (χ3n) is 2.97. The second-order valence-electron chi connectivity index (χ2n) is 4.37. The molecule has 0 radical (unpaired) electrons. The Balaban J connectivity index is 2.64. The second-order valence-corrected chi connectivity index (χ2v) is 4.78. The lowest BCUT2D eigenvalue weighted by molar-refractivity contribution is 0.0601. The summed E-state index contributed by atoms with van der Waals surface area (Å²) in [6, 6.07) is 8.21. The van der Waals surface area contributed by atoms with Gasteiger partial charge in [0.05, 0.1) is 17.7 Å². The van der Waals surface area contributed by atoms with Crippen molar-refractivity contribution in [2.24, 2.45) is 0 Å². The highest BCUT2D eigenvalue weighted by Crippen LogP contribution is 2.27. The maximum absolute atomic E-state index is 11.8. The number of esters is 1. The van der Waals surface area contributed by atoms with Crippen molar-refractivity contribution in [2.45, 2.75) is 6.92 Å². The van der Waals surface area contributed by atoms with Gasteiger partial charge in [0.25, 0.3) is 5.56 Å². The van der Waals surface area contributed by atoms with Gasteiger partial charge >= 0.3 is 5.97 Å². The van der Waals surface area contributed by atoms with Crippen molar-refractivity contribution in [3.8, 4) is 17.2 Å². The fourth-order valence-electron chi connectivity index (χ4n) is 1.99. The van der Waals surface area contributed by atoms with Crippen LogP contribution >= 0.6 is 11.6 Å². The zero-order valence-electron chi connectivity index (χ0n) is 11.4. The molecule has 0 amide bonds. The maximum atomic E-state index is 11.8. The number of benzene rings is 1. The largest absolute Gasteiger partial charge is 0.465 e. The standard InChI is InChI=1S/C15H11ClN2O3/c1-8-5-11(12(7-17)14(19)18-8)9-3-4-10(13(16)6-9)15(20)21-2/h3-6H,1-2H3,(H,18,19). The molecule has 0 aliphatic rings. The van der Waals surface area contributed by atoms with Gasteiger partial charge in [0.15, 0.2) is 0 Å². The predicted molar refractivity (Wildman–Crippen MR) is 78.3 cm³/mol. The van der Waals surface area contributed by atoms with Crippen molar-refractivity contribution >= 4 is 17.6 Å². The lowest BCUT2D eigenvalue weighted by Gasteiger charge is -2.08. The van der Waals surface area contributed by atoms with E-state index >= 15 is 0 Å². The van der Waals surface area contributed by atoms with E-state index in [1.807, 2.05) is 6.07 Å². The molecule has 0 unspecified atom stereocenters. The first-order chi connectivity index (χ1) is 9.97. The van der Waals surface area contributed by atoms with Crippen molar-refractivity contribution < 1.29 is 9.53 Å². The van der Waals surface area contributed by atoms with Crippen LogP contribution in [0.1, 0.15) is 21.6 Å². The summed E-state index contributed by atoms with van der Waals surface area (Å²) in [5.74, 6) is -0.547. The van der Waals surface area contributed by atoms with Crippen LogP contribution in [0.4, 0.5) is 0 Å². The topological polar surface area (TPSA) is 83.0 Å². The molecule has 0 aliphatic carbocycles. The third-order valence-corrected chi connectivity index (χ3v) is 3.28. The number of hydrogen-bond donors (Lipinski definition) is 1. The number of rotatable bonds is 2. The average molecular weight is 303 g/mol. The summed E-state index contributed by atoms with van der Waals surface area (Å²) >= 11 is 6.06. The Kier molecular flexibility index (Phi) is 4.10. The molecule has 0 bridgehead atoms. The summed E-state index contributed by atoms with van der Waals surface area (Å²) in [7, 11) is 1.26. The number of nitrogens with zero attached hydrogens (tertiary/aromatic N) is 1. The van der Waals surface area contributed by atoms with Crippen molar-refractivity contribution in [3.05, 3.63) is 56.5 Å². The van der Waals surface area contributed by atoms with E-state index in [9.17, 15) is 9.59 Å². The molecule has 2 rings (SSSR count). The minimum absolute atomic E-state index is 0.00230. The summed E-state index contributed by atoms with van der Waals surface area (Å²) in [5.41, 5.74) is 1.45. The number of methoxy groups -OCH3 is 1. The first kappa shape index (κ1) is 14.8. The molecule has 1 heterocycles. The number of aromatic nitrogens is 1. The molecular formula is C15H11ClN2O3. The van der Waals surface area contributed by atoms with Gasteiger partial charge in [-0.05, 0) is 30.7 Å². The number of carbonyl (C=O) groups excluding carboxylic acids is 1. The first-order valence-electron chi connectivity index (χ1n) is 6.00. The molecule has 0 spiro atoms. The highest BCUT2D eigenvalue weighted by Gasteiger charge is 2.15. The molecule has 0 atom stereocenters. The van der Waals surface area contributed by atoms with Gasteiger partial charge in [-0.25, -0.2) is 4.79 Å². The molecule has 21 heavy (non-hydrogen) atoms. The van der Waals surface area contributed by atoms with Crippen LogP contribution in [0, 0.1) is 18.3 Å². The van der Waals surface area contributed by atoms with E-state index in [1.54, 1.807) is 19.1 Å². The molecule has 0 aliphatic heterocycles. The molecule has 1 aromatic carbocycles. The molecule has 0 fully saturated rings. The number of hydrogen-bond acceptors (Lipinski definition) is 4. The lowest BCUT2D eigenvalue weighted by Crippen LogP contribution is -2.12. The van der Waals surface area contributed by atoms with Crippen LogP contribution < -0.4 is 5.56 Å². The molecule has 6 heteroatoms. The Morgan fingerprint density at radius 3 is 2.67 bits per heavy atom. The fraction of sp³-hybridized carbons (Fsp3) is 0.133. The predicted octanol–water partition coefficient (Wildman–Crippen LogP) is 2.66. The van der Waals surface area contributed by atoms with Crippen molar-refractivity contribution in [2.75, 3.05) is 7.11 Å². The van der Waals surface area contributed by atoms with Crippen LogP contribution in [-0.2, 0) is 4.74 Å².